The first-order valence-corrected chi connectivity index (χ1v) is 7.46. The van der Waals surface area contributed by atoms with E-state index in [1.54, 1.807) is 0 Å². The molecular weight excluding hydrogens is 337 g/mol. The highest BCUT2D eigenvalue weighted by Gasteiger charge is 2.30. The highest BCUT2D eigenvalue weighted by Crippen LogP contribution is 2.22. The lowest BCUT2D eigenvalue weighted by Crippen LogP contribution is -2.36. The number of hydrogen-bond acceptors (Lipinski definition) is 3. The van der Waals surface area contributed by atoms with Crippen LogP contribution in [0.4, 0.5) is 18.0 Å². The predicted molar refractivity (Wildman–Crippen MR) is 84.6 cm³/mol. The van der Waals surface area contributed by atoms with Crippen LogP contribution in [0.15, 0.2) is 54.6 Å². The average molecular weight is 354 g/mol. The third-order valence-corrected chi connectivity index (χ3v) is 3.10. The molecule has 0 heterocycles. The molecule has 25 heavy (non-hydrogen) atoms. The van der Waals surface area contributed by atoms with Gasteiger partial charge in [-0.2, -0.15) is 0 Å². The van der Waals surface area contributed by atoms with Crippen molar-refractivity contribution in [2.24, 2.45) is 0 Å². The Kier molecular flexibility index (Phi) is 6.64. The first-order valence-electron chi connectivity index (χ1n) is 7.46. The Morgan fingerprint density at radius 1 is 0.960 bits per heavy atom. The van der Waals surface area contributed by atoms with Crippen LogP contribution in [0.1, 0.15) is 11.1 Å². The third-order valence-electron chi connectivity index (χ3n) is 3.10. The molecule has 0 radical (unpaired) electrons. The summed E-state index contributed by atoms with van der Waals surface area (Å²) in [7, 11) is 0. The molecule has 0 aliphatic carbocycles. The Hall–Kier alpha value is -2.74. The number of halogens is 3. The van der Waals surface area contributed by atoms with Gasteiger partial charge in [0, 0.05) is 6.54 Å². The number of ether oxygens (including phenoxy) is 1. The van der Waals surface area contributed by atoms with E-state index in [2.05, 4.69) is 15.5 Å². The van der Waals surface area contributed by atoms with Crippen molar-refractivity contribution < 1.29 is 27.5 Å². The molecule has 134 valence electrons. The van der Waals surface area contributed by atoms with Crippen molar-refractivity contribution in [1.82, 2.24) is 10.8 Å². The van der Waals surface area contributed by atoms with Crippen LogP contribution < -0.4 is 15.5 Å². The van der Waals surface area contributed by atoms with Crippen LogP contribution in [-0.2, 0) is 17.9 Å². The molecule has 0 saturated heterocycles. The van der Waals surface area contributed by atoms with E-state index < -0.39 is 12.4 Å². The molecule has 0 spiro atoms. The summed E-state index contributed by atoms with van der Waals surface area (Å²) in [6.45, 7) is 0.551. The molecule has 0 unspecified atom stereocenters. The maximum absolute atomic E-state index is 12.1. The number of rotatable bonds is 7. The number of carbonyl (C=O) groups is 1. The summed E-state index contributed by atoms with van der Waals surface area (Å²) in [6, 6.07) is 14.3. The van der Waals surface area contributed by atoms with Crippen molar-refractivity contribution in [2.75, 3.05) is 6.54 Å². The minimum absolute atomic E-state index is 0.245. The largest absolute Gasteiger partial charge is 0.573 e. The maximum atomic E-state index is 12.1. The summed E-state index contributed by atoms with van der Waals surface area (Å²) in [5.41, 5.74) is 3.94. The van der Waals surface area contributed by atoms with E-state index in [0.717, 1.165) is 11.1 Å². The van der Waals surface area contributed by atoms with Gasteiger partial charge in [-0.1, -0.05) is 42.5 Å². The maximum Gasteiger partial charge on any atom is 0.573 e. The minimum atomic E-state index is -4.71. The Balaban J connectivity index is 1.63. The van der Waals surface area contributed by atoms with Crippen molar-refractivity contribution in [1.29, 1.82) is 0 Å². The van der Waals surface area contributed by atoms with Crippen LogP contribution in [0.3, 0.4) is 0 Å². The monoisotopic (exact) mass is 354 g/mol. The van der Waals surface area contributed by atoms with Crippen molar-refractivity contribution in [3.8, 4) is 5.75 Å². The number of urea groups is 1. The molecule has 0 saturated carbocycles. The number of benzene rings is 2. The van der Waals surface area contributed by atoms with Crippen molar-refractivity contribution in [2.45, 2.75) is 19.4 Å². The topological polar surface area (TPSA) is 59.6 Å². The van der Waals surface area contributed by atoms with E-state index in [1.165, 1.54) is 24.3 Å². The highest BCUT2D eigenvalue weighted by molar-refractivity contribution is 5.72. The molecule has 2 aromatic carbocycles. The van der Waals surface area contributed by atoms with Gasteiger partial charge in [0.2, 0.25) is 0 Å². The van der Waals surface area contributed by atoms with Crippen molar-refractivity contribution in [3.63, 3.8) is 0 Å². The van der Waals surface area contributed by atoms with Gasteiger partial charge in [-0.25, -0.2) is 10.3 Å². The summed E-state index contributed by atoms with van der Waals surface area (Å²) < 4.78 is 39.9. The molecule has 8 heteroatoms. The lowest BCUT2D eigenvalue weighted by Gasteiger charge is -2.10. The fourth-order valence-corrected chi connectivity index (χ4v) is 1.97. The van der Waals surface area contributed by atoms with Gasteiger partial charge in [0.05, 0.1) is 6.61 Å². The molecule has 0 aliphatic heterocycles. The number of hydroxylamine groups is 1. The summed E-state index contributed by atoms with van der Waals surface area (Å²) in [5.74, 6) is -0.281. The number of alkyl halides is 3. The minimum Gasteiger partial charge on any atom is -0.406 e. The quantitative estimate of drug-likeness (QED) is 0.748. The smallest absolute Gasteiger partial charge is 0.406 e. The lowest BCUT2D eigenvalue weighted by molar-refractivity contribution is -0.274. The van der Waals surface area contributed by atoms with Crippen LogP contribution in [0.2, 0.25) is 0 Å². The summed E-state index contributed by atoms with van der Waals surface area (Å²) in [4.78, 5) is 16.6. The Morgan fingerprint density at radius 2 is 1.64 bits per heavy atom. The van der Waals surface area contributed by atoms with Crippen LogP contribution in [0, 0.1) is 0 Å². The number of amides is 2. The fourth-order valence-electron chi connectivity index (χ4n) is 1.97. The average Bonchev–Trinajstić information content (AvgIpc) is 2.56. The third kappa shape index (κ3) is 7.58. The SMILES string of the molecule is O=C(NCCc1ccc(OC(F)(F)F)cc1)NOCc1ccccc1. The molecule has 2 aromatic rings. The fraction of sp³-hybridized carbons (Fsp3) is 0.235. The number of carbonyl (C=O) groups excluding carboxylic acids is 1. The molecule has 0 atom stereocenters. The predicted octanol–water partition coefficient (Wildman–Crippen LogP) is 3.56. The molecule has 2 N–H and O–H groups in total. The second-order valence-electron chi connectivity index (χ2n) is 5.07. The standard InChI is InChI=1S/C17H17F3N2O3/c18-17(19,20)25-15-8-6-13(7-9-15)10-11-21-16(23)22-24-12-14-4-2-1-3-5-14/h1-9H,10-12H2,(H2,21,22,23). The second kappa shape index (κ2) is 8.93. The normalized spacial score (nSPS) is 11.0. The van der Waals surface area contributed by atoms with Crippen LogP contribution in [0.5, 0.6) is 5.75 Å². The van der Waals surface area contributed by atoms with E-state index in [1.807, 2.05) is 30.3 Å². The molecule has 0 aromatic heterocycles. The van der Waals surface area contributed by atoms with Crippen LogP contribution in [-0.4, -0.2) is 18.9 Å². The highest BCUT2D eigenvalue weighted by atomic mass is 19.4. The molecule has 5 nitrogen and oxygen atoms in total. The van der Waals surface area contributed by atoms with Crippen molar-refractivity contribution >= 4 is 6.03 Å². The van der Waals surface area contributed by atoms with E-state index in [-0.39, 0.29) is 12.4 Å². The van der Waals surface area contributed by atoms with Gasteiger partial charge in [-0.15, -0.1) is 13.2 Å². The van der Waals surface area contributed by atoms with Gasteiger partial charge in [0.25, 0.3) is 0 Å². The van der Waals surface area contributed by atoms with Crippen LogP contribution >= 0.6 is 0 Å². The summed E-state index contributed by atoms with van der Waals surface area (Å²) >= 11 is 0. The zero-order valence-corrected chi connectivity index (χ0v) is 13.2. The summed E-state index contributed by atoms with van der Waals surface area (Å²) in [5, 5.41) is 2.58. The number of hydrogen-bond donors (Lipinski definition) is 2. The first kappa shape index (κ1) is 18.6. The molecule has 2 rings (SSSR count). The van der Waals surface area contributed by atoms with Gasteiger partial charge < -0.3 is 10.1 Å². The van der Waals surface area contributed by atoms with Gasteiger partial charge in [-0.05, 0) is 29.7 Å². The zero-order valence-electron chi connectivity index (χ0n) is 13.2. The van der Waals surface area contributed by atoms with E-state index in [9.17, 15) is 18.0 Å². The zero-order chi connectivity index (χ0) is 18.1. The molecule has 0 fully saturated rings. The van der Waals surface area contributed by atoms with Gasteiger partial charge in [0.15, 0.2) is 0 Å². The van der Waals surface area contributed by atoms with E-state index in [0.29, 0.717) is 13.0 Å². The molecule has 0 bridgehead atoms. The summed E-state index contributed by atoms with van der Waals surface area (Å²) in [6.07, 6.45) is -4.25. The Morgan fingerprint density at radius 3 is 2.28 bits per heavy atom. The first-order chi connectivity index (χ1) is 11.9. The lowest BCUT2D eigenvalue weighted by atomic mass is 10.1. The van der Waals surface area contributed by atoms with E-state index in [4.69, 9.17) is 4.84 Å². The van der Waals surface area contributed by atoms with Gasteiger partial charge >= 0.3 is 12.4 Å². The van der Waals surface area contributed by atoms with Gasteiger partial charge in [0.1, 0.15) is 5.75 Å². The number of nitrogens with one attached hydrogen (secondary N) is 2. The Labute approximate surface area is 142 Å². The second-order valence-corrected chi connectivity index (χ2v) is 5.07. The molecule has 2 amide bonds. The molecular formula is C17H17F3N2O3. The molecule has 0 aliphatic rings. The Bertz CT molecular complexity index is 661. The van der Waals surface area contributed by atoms with E-state index >= 15 is 0 Å². The van der Waals surface area contributed by atoms with Crippen molar-refractivity contribution in [3.05, 3.63) is 65.7 Å². The van der Waals surface area contributed by atoms with Gasteiger partial charge in [-0.3, -0.25) is 4.84 Å². The van der Waals surface area contributed by atoms with Crippen LogP contribution in [0.25, 0.3) is 0 Å².